The summed E-state index contributed by atoms with van der Waals surface area (Å²) >= 11 is 0. The van der Waals surface area contributed by atoms with E-state index in [2.05, 4.69) is 6.92 Å². The Morgan fingerprint density at radius 3 is 2.50 bits per heavy atom. The zero-order chi connectivity index (χ0) is 9.14. The normalized spacial score (nSPS) is 17.2. The zero-order valence-corrected chi connectivity index (χ0v) is 7.46. The van der Waals surface area contributed by atoms with Crippen molar-refractivity contribution in [2.45, 2.75) is 26.2 Å². The van der Waals surface area contributed by atoms with Crippen LogP contribution in [0, 0.1) is 0 Å². The maximum atomic E-state index is 11.3. The molecule has 0 radical (unpaired) electrons. The molecule has 0 unspecified atom stereocenters. The van der Waals surface area contributed by atoms with Crippen LogP contribution in [0.2, 0.25) is 0 Å². The first-order valence-corrected chi connectivity index (χ1v) is 4.19. The summed E-state index contributed by atoms with van der Waals surface area (Å²) in [5, 5.41) is 0. The van der Waals surface area contributed by atoms with Crippen molar-refractivity contribution >= 4 is 11.8 Å². The van der Waals surface area contributed by atoms with Crippen molar-refractivity contribution in [3.05, 3.63) is 11.6 Å². The molecule has 3 nitrogen and oxygen atoms in total. The van der Waals surface area contributed by atoms with E-state index >= 15 is 0 Å². The fraction of sp³-hybridized carbons (Fsp3) is 0.556. The molecule has 0 spiro atoms. The second kappa shape index (κ2) is 3.52. The van der Waals surface area contributed by atoms with Crippen molar-refractivity contribution in [1.29, 1.82) is 0 Å². The number of carbonyl (C=O) groups excluding carboxylic acids is 2. The number of amides is 2. The minimum Gasteiger partial charge on any atom is -0.278 e. The molecule has 0 aliphatic carbocycles. The molecule has 0 aromatic carbocycles. The van der Waals surface area contributed by atoms with Crippen LogP contribution in [0.4, 0.5) is 0 Å². The Balaban J connectivity index is 2.61. The first-order chi connectivity index (χ1) is 5.66. The topological polar surface area (TPSA) is 37.4 Å². The van der Waals surface area contributed by atoms with Gasteiger partial charge in [-0.25, -0.2) is 0 Å². The van der Waals surface area contributed by atoms with Crippen LogP contribution in [0.25, 0.3) is 0 Å². The molecule has 1 aliphatic rings. The monoisotopic (exact) mass is 167 g/mol. The second-order valence-electron chi connectivity index (χ2n) is 2.98. The summed E-state index contributed by atoms with van der Waals surface area (Å²) in [6.45, 7) is 2.06. The van der Waals surface area contributed by atoms with Crippen LogP contribution >= 0.6 is 0 Å². The molecule has 0 fully saturated rings. The molecule has 0 aromatic heterocycles. The van der Waals surface area contributed by atoms with E-state index in [1.165, 1.54) is 13.1 Å². The SMILES string of the molecule is CCCCC1=CC(=O)N(C)C1=O. The van der Waals surface area contributed by atoms with Gasteiger partial charge in [0, 0.05) is 18.7 Å². The standard InChI is InChI=1S/C9H13NO2/c1-3-4-5-7-6-8(11)10(2)9(7)12/h6H,3-5H2,1-2H3. The number of likely N-dealkylation sites (N-methyl/N-ethyl adjacent to an activating group) is 1. The Hall–Kier alpha value is -1.12. The first kappa shape index (κ1) is 8.97. The van der Waals surface area contributed by atoms with Crippen LogP contribution < -0.4 is 0 Å². The summed E-state index contributed by atoms with van der Waals surface area (Å²) in [5.74, 6) is -0.320. The molecular weight excluding hydrogens is 154 g/mol. The van der Waals surface area contributed by atoms with Crippen LogP contribution in [0.1, 0.15) is 26.2 Å². The molecule has 66 valence electrons. The number of carbonyl (C=O) groups is 2. The Bertz CT molecular complexity index is 243. The van der Waals surface area contributed by atoms with Crippen molar-refractivity contribution in [1.82, 2.24) is 4.90 Å². The average molecular weight is 167 g/mol. The van der Waals surface area contributed by atoms with E-state index in [-0.39, 0.29) is 11.8 Å². The molecule has 0 aromatic rings. The van der Waals surface area contributed by atoms with E-state index in [0.717, 1.165) is 24.2 Å². The lowest BCUT2D eigenvalue weighted by atomic mass is 10.1. The van der Waals surface area contributed by atoms with Crippen molar-refractivity contribution in [2.24, 2.45) is 0 Å². The number of rotatable bonds is 3. The Kier molecular flexibility index (Phi) is 2.63. The Morgan fingerprint density at radius 1 is 1.42 bits per heavy atom. The molecular formula is C9H13NO2. The van der Waals surface area contributed by atoms with E-state index in [4.69, 9.17) is 0 Å². The van der Waals surface area contributed by atoms with Gasteiger partial charge in [0.25, 0.3) is 11.8 Å². The lowest BCUT2D eigenvalue weighted by Crippen LogP contribution is -2.26. The van der Waals surface area contributed by atoms with Gasteiger partial charge in [-0.05, 0) is 12.8 Å². The van der Waals surface area contributed by atoms with Gasteiger partial charge in [-0.2, -0.15) is 0 Å². The van der Waals surface area contributed by atoms with Gasteiger partial charge in [0.1, 0.15) is 0 Å². The number of nitrogens with zero attached hydrogens (tertiary/aromatic N) is 1. The van der Waals surface area contributed by atoms with Crippen molar-refractivity contribution < 1.29 is 9.59 Å². The van der Waals surface area contributed by atoms with E-state index in [1.807, 2.05) is 0 Å². The maximum absolute atomic E-state index is 11.3. The third kappa shape index (κ3) is 1.55. The summed E-state index contributed by atoms with van der Waals surface area (Å²) in [6.07, 6.45) is 4.19. The Labute approximate surface area is 72.0 Å². The van der Waals surface area contributed by atoms with E-state index in [9.17, 15) is 9.59 Å². The molecule has 1 aliphatic heterocycles. The number of imide groups is 1. The highest BCUT2D eigenvalue weighted by molar-refractivity contribution is 6.15. The summed E-state index contributed by atoms with van der Waals surface area (Å²) in [6, 6.07) is 0. The minimum atomic E-state index is -0.189. The molecule has 2 amide bonds. The van der Waals surface area contributed by atoms with Gasteiger partial charge in [0.05, 0.1) is 0 Å². The molecule has 0 bridgehead atoms. The number of unbranched alkanes of at least 4 members (excludes halogenated alkanes) is 1. The highest BCUT2D eigenvalue weighted by Gasteiger charge is 2.26. The van der Waals surface area contributed by atoms with E-state index in [1.54, 1.807) is 0 Å². The molecule has 0 saturated heterocycles. The highest BCUT2D eigenvalue weighted by Crippen LogP contribution is 2.16. The molecule has 3 heteroatoms. The van der Waals surface area contributed by atoms with E-state index in [0.29, 0.717) is 5.57 Å². The van der Waals surface area contributed by atoms with Gasteiger partial charge in [0.2, 0.25) is 0 Å². The fourth-order valence-corrected chi connectivity index (χ4v) is 1.17. The van der Waals surface area contributed by atoms with Crippen molar-refractivity contribution in [2.75, 3.05) is 7.05 Å². The smallest absolute Gasteiger partial charge is 0.256 e. The predicted molar refractivity (Wildman–Crippen MR) is 45.4 cm³/mol. The molecule has 0 saturated carbocycles. The van der Waals surface area contributed by atoms with Crippen LogP contribution in [0.15, 0.2) is 11.6 Å². The second-order valence-corrected chi connectivity index (χ2v) is 2.98. The van der Waals surface area contributed by atoms with Gasteiger partial charge >= 0.3 is 0 Å². The summed E-state index contributed by atoms with van der Waals surface area (Å²) in [5.41, 5.74) is 0.657. The van der Waals surface area contributed by atoms with Crippen LogP contribution in [0.3, 0.4) is 0 Å². The van der Waals surface area contributed by atoms with Gasteiger partial charge < -0.3 is 0 Å². The summed E-state index contributed by atoms with van der Waals surface area (Å²) < 4.78 is 0. The predicted octanol–water partition coefficient (Wildman–Crippen LogP) is 1.10. The lowest BCUT2D eigenvalue weighted by molar-refractivity contribution is -0.135. The van der Waals surface area contributed by atoms with Crippen LogP contribution in [-0.4, -0.2) is 23.8 Å². The lowest BCUT2D eigenvalue weighted by Gasteiger charge is -2.05. The number of hydrogen-bond donors (Lipinski definition) is 0. The van der Waals surface area contributed by atoms with Gasteiger partial charge in [-0.3, -0.25) is 14.5 Å². The third-order valence-electron chi connectivity index (χ3n) is 2.01. The third-order valence-corrected chi connectivity index (χ3v) is 2.01. The summed E-state index contributed by atoms with van der Waals surface area (Å²) in [7, 11) is 1.51. The molecule has 1 rings (SSSR count). The number of hydrogen-bond acceptors (Lipinski definition) is 2. The molecule has 1 heterocycles. The molecule has 12 heavy (non-hydrogen) atoms. The van der Waals surface area contributed by atoms with Crippen molar-refractivity contribution in [3.63, 3.8) is 0 Å². The Morgan fingerprint density at radius 2 is 2.08 bits per heavy atom. The van der Waals surface area contributed by atoms with Crippen molar-refractivity contribution in [3.8, 4) is 0 Å². The van der Waals surface area contributed by atoms with Crippen LogP contribution in [-0.2, 0) is 9.59 Å². The molecule has 0 atom stereocenters. The minimum absolute atomic E-state index is 0.131. The van der Waals surface area contributed by atoms with E-state index < -0.39 is 0 Å². The van der Waals surface area contributed by atoms with Crippen LogP contribution in [0.5, 0.6) is 0 Å². The molecule has 0 N–H and O–H groups in total. The average Bonchev–Trinajstić information content (AvgIpc) is 2.30. The highest BCUT2D eigenvalue weighted by atomic mass is 16.2. The van der Waals surface area contributed by atoms with Gasteiger partial charge in [-0.1, -0.05) is 13.3 Å². The largest absolute Gasteiger partial charge is 0.278 e. The van der Waals surface area contributed by atoms with Gasteiger partial charge in [0.15, 0.2) is 0 Å². The summed E-state index contributed by atoms with van der Waals surface area (Å²) in [4.78, 5) is 23.4. The quantitative estimate of drug-likeness (QED) is 0.590. The zero-order valence-electron chi connectivity index (χ0n) is 7.46. The fourth-order valence-electron chi connectivity index (χ4n) is 1.17. The maximum Gasteiger partial charge on any atom is 0.256 e. The van der Waals surface area contributed by atoms with Gasteiger partial charge in [-0.15, -0.1) is 0 Å². The first-order valence-electron chi connectivity index (χ1n) is 4.19.